The number of anilines is 1. The highest BCUT2D eigenvalue weighted by molar-refractivity contribution is 6.31. The largest absolute Gasteiger partial charge is 0.457 e. The third-order valence-corrected chi connectivity index (χ3v) is 5.07. The van der Waals surface area contributed by atoms with Crippen LogP contribution in [0.2, 0.25) is 5.02 Å². The second kappa shape index (κ2) is 9.44. The summed E-state index contributed by atoms with van der Waals surface area (Å²) in [5.41, 5.74) is 5.43. The van der Waals surface area contributed by atoms with Gasteiger partial charge in [0.1, 0.15) is 11.4 Å². The van der Waals surface area contributed by atoms with Gasteiger partial charge < -0.3 is 10.5 Å². The van der Waals surface area contributed by atoms with Crippen molar-refractivity contribution in [3.63, 3.8) is 0 Å². The van der Waals surface area contributed by atoms with E-state index in [2.05, 4.69) is 0 Å². The number of carbonyl (C=O) groups excluding carboxylic acids is 2. The van der Waals surface area contributed by atoms with Crippen molar-refractivity contribution in [1.29, 1.82) is 0 Å². The van der Waals surface area contributed by atoms with Crippen LogP contribution in [0.5, 0.6) is 0 Å². The molecule has 0 spiro atoms. The van der Waals surface area contributed by atoms with Gasteiger partial charge in [0.05, 0.1) is 13.0 Å². The van der Waals surface area contributed by atoms with Gasteiger partial charge in [-0.25, -0.2) is 4.79 Å². The Kier molecular flexibility index (Phi) is 6.71. The summed E-state index contributed by atoms with van der Waals surface area (Å²) in [6, 6.07) is 15.7. The summed E-state index contributed by atoms with van der Waals surface area (Å²) < 4.78 is 6.96. The topological polar surface area (TPSA) is 113 Å². The van der Waals surface area contributed by atoms with Crippen LogP contribution in [0.1, 0.15) is 21.5 Å². The molecule has 8 nitrogen and oxygen atoms in total. The van der Waals surface area contributed by atoms with Gasteiger partial charge >= 0.3 is 11.7 Å². The summed E-state index contributed by atoms with van der Waals surface area (Å²) >= 11 is 6.02. The number of carbonyl (C=O) groups is 2. The fourth-order valence-corrected chi connectivity index (χ4v) is 3.23. The fourth-order valence-electron chi connectivity index (χ4n) is 3.03. The Morgan fingerprint density at radius 1 is 1.03 bits per heavy atom. The number of Topliss-reactive ketones (excluding diaryl/α,β-unsaturated/α-hetero) is 1. The van der Waals surface area contributed by atoms with Gasteiger partial charge in [-0.05, 0) is 17.2 Å². The van der Waals surface area contributed by atoms with Crippen molar-refractivity contribution in [2.75, 3.05) is 12.3 Å². The van der Waals surface area contributed by atoms with Crippen molar-refractivity contribution >= 4 is 29.2 Å². The monoisotopic (exact) mass is 441 g/mol. The molecule has 3 aromatic rings. The number of esters is 1. The van der Waals surface area contributed by atoms with E-state index < -0.39 is 35.2 Å². The number of benzene rings is 2. The van der Waals surface area contributed by atoms with Crippen molar-refractivity contribution in [2.45, 2.75) is 13.0 Å². The average molecular weight is 442 g/mol. The molecule has 0 fully saturated rings. The second-order valence-corrected chi connectivity index (χ2v) is 7.24. The Hall–Kier alpha value is -3.65. The number of nitrogens with zero attached hydrogens (tertiary/aromatic N) is 2. The van der Waals surface area contributed by atoms with Gasteiger partial charge in [-0.3, -0.25) is 23.5 Å². The molecule has 0 bridgehead atoms. The summed E-state index contributed by atoms with van der Waals surface area (Å²) in [4.78, 5) is 49.8. The predicted octanol–water partition coefficient (Wildman–Crippen LogP) is 1.80. The minimum atomic E-state index is -0.848. The molecule has 2 N–H and O–H groups in total. The molecular formula is C22H20ClN3O5. The number of hydrogen-bond acceptors (Lipinski definition) is 6. The maximum absolute atomic E-state index is 12.7. The lowest BCUT2D eigenvalue weighted by molar-refractivity contribution is -0.141. The SMILES string of the molecule is Cn1c(=O)c(C(=O)COC(=O)Cc2ccccc2Cl)c(N)n(Cc2ccccc2)c1=O. The number of nitrogens with two attached hydrogens (primary N) is 1. The van der Waals surface area contributed by atoms with Crippen LogP contribution in [0.25, 0.3) is 0 Å². The van der Waals surface area contributed by atoms with Gasteiger partial charge in [-0.15, -0.1) is 0 Å². The van der Waals surface area contributed by atoms with Crippen LogP contribution in [0, 0.1) is 0 Å². The molecule has 1 heterocycles. The molecule has 160 valence electrons. The maximum atomic E-state index is 12.7. The molecule has 0 aliphatic carbocycles. The van der Waals surface area contributed by atoms with Gasteiger partial charge in [-0.2, -0.15) is 0 Å². The number of rotatable bonds is 7. The highest BCUT2D eigenvalue weighted by Gasteiger charge is 2.23. The molecule has 0 aliphatic heterocycles. The van der Waals surface area contributed by atoms with E-state index in [1.54, 1.807) is 48.5 Å². The Morgan fingerprint density at radius 3 is 2.35 bits per heavy atom. The van der Waals surface area contributed by atoms with Crippen LogP contribution in [0.3, 0.4) is 0 Å². The number of nitrogen functional groups attached to an aromatic ring is 1. The molecule has 0 atom stereocenters. The average Bonchev–Trinajstić information content (AvgIpc) is 2.76. The van der Waals surface area contributed by atoms with E-state index in [1.165, 1.54) is 7.05 Å². The number of halogens is 1. The number of hydrogen-bond donors (Lipinski definition) is 1. The molecule has 31 heavy (non-hydrogen) atoms. The minimum Gasteiger partial charge on any atom is -0.457 e. The summed E-state index contributed by atoms with van der Waals surface area (Å²) in [6.07, 6.45) is -0.131. The summed E-state index contributed by atoms with van der Waals surface area (Å²) in [7, 11) is 1.26. The van der Waals surface area contributed by atoms with E-state index in [9.17, 15) is 19.2 Å². The molecule has 2 aromatic carbocycles. The van der Waals surface area contributed by atoms with Crippen molar-refractivity contribution in [3.8, 4) is 0 Å². The number of ether oxygens (including phenoxy) is 1. The number of ketones is 1. The lowest BCUT2D eigenvalue weighted by Gasteiger charge is -2.14. The predicted molar refractivity (Wildman–Crippen MR) is 116 cm³/mol. The molecule has 0 radical (unpaired) electrons. The molecule has 0 unspecified atom stereocenters. The van der Waals surface area contributed by atoms with Crippen LogP contribution in [0.15, 0.2) is 64.2 Å². The van der Waals surface area contributed by atoms with E-state index in [0.29, 0.717) is 10.6 Å². The zero-order valence-corrected chi connectivity index (χ0v) is 17.5. The molecule has 9 heteroatoms. The van der Waals surface area contributed by atoms with Crippen LogP contribution in [0.4, 0.5) is 5.82 Å². The van der Waals surface area contributed by atoms with Gasteiger partial charge in [0.25, 0.3) is 5.56 Å². The fraction of sp³-hybridized carbons (Fsp3) is 0.182. The third-order valence-electron chi connectivity index (χ3n) is 4.70. The first-order chi connectivity index (χ1) is 14.8. The lowest BCUT2D eigenvalue weighted by Crippen LogP contribution is -2.43. The van der Waals surface area contributed by atoms with Gasteiger partial charge in [-0.1, -0.05) is 60.1 Å². The van der Waals surface area contributed by atoms with Gasteiger partial charge in [0.2, 0.25) is 5.78 Å². The lowest BCUT2D eigenvalue weighted by atomic mass is 10.1. The molecular weight excluding hydrogens is 422 g/mol. The Morgan fingerprint density at radius 2 is 1.68 bits per heavy atom. The first-order valence-corrected chi connectivity index (χ1v) is 9.73. The van der Waals surface area contributed by atoms with E-state index >= 15 is 0 Å². The smallest absolute Gasteiger partial charge is 0.332 e. The molecule has 3 rings (SSSR count). The quantitative estimate of drug-likeness (QED) is 0.442. The Balaban J connectivity index is 1.82. The van der Waals surface area contributed by atoms with Crippen LogP contribution in [-0.2, 0) is 29.5 Å². The van der Waals surface area contributed by atoms with Crippen molar-refractivity contribution in [2.24, 2.45) is 7.05 Å². The first kappa shape index (κ1) is 22.0. The summed E-state index contributed by atoms with van der Waals surface area (Å²) in [5, 5.41) is 0.400. The third kappa shape index (κ3) is 4.92. The standard InChI is InChI=1S/C22H20ClN3O5/c1-25-21(29)19(20(24)26(22(25)30)12-14-7-3-2-4-8-14)17(27)13-31-18(28)11-15-9-5-6-10-16(15)23/h2-10H,11-13,24H2,1H3. The highest BCUT2D eigenvalue weighted by Crippen LogP contribution is 2.16. The van der Waals surface area contributed by atoms with Gasteiger partial charge in [0, 0.05) is 12.1 Å². The Labute approximate surface area is 182 Å². The first-order valence-electron chi connectivity index (χ1n) is 9.35. The molecule has 0 saturated carbocycles. The summed E-state index contributed by atoms with van der Waals surface area (Å²) in [6.45, 7) is -0.613. The van der Waals surface area contributed by atoms with Crippen LogP contribution >= 0.6 is 11.6 Å². The molecule has 0 amide bonds. The van der Waals surface area contributed by atoms with E-state index in [0.717, 1.165) is 14.7 Å². The zero-order valence-electron chi connectivity index (χ0n) is 16.7. The van der Waals surface area contributed by atoms with E-state index in [4.69, 9.17) is 22.1 Å². The van der Waals surface area contributed by atoms with Crippen molar-refractivity contribution in [1.82, 2.24) is 9.13 Å². The van der Waals surface area contributed by atoms with Gasteiger partial charge in [0.15, 0.2) is 6.61 Å². The van der Waals surface area contributed by atoms with E-state index in [-0.39, 0.29) is 18.8 Å². The van der Waals surface area contributed by atoms with Crippen molar-refractivity contribution in [3.05, 3.63) is 97.1 Å². The van der Waals surface area contributed by atoms with Crippen LogP contribution in [-0.4, -0.2) is 27.5 Å². The normalized spacial score (nSPS) is 10.6. The van der Waals surface area contributed by atoms with E-state index in [1.807, 2.05) is 6.07 Å². The van der Waals surface area contributed by atoms with Crippen LogP contribution < -0.4 is 17.0 Å². The molecule has 0 saturated heterocycles. The van der Waals surface area contributed by atoms with Crippen molar-refractivity contribution < 1.29 is 14.3 Å². The minimum absolute atomic E-state index is 0.0756. The molecule has 1 aromatic heterocycles. The number of aromatic nitrogens is 2. The summed E-state index contributed by atoms with van der Waals surface area (Å²) in [5.74, 6) is -1.76. The molecule has 0 aliphatic rings. The highest BCUT2D eigenvalue weighted by atomic mass is 35.5. The second-order valence-electron chi connectivity index (χ2n) is 6.83. The maximum Gasteiger partial charge on any atom is 0.332 e. The Bertz CT molecular complexity index is 1250. The zero-order chi connectivity index (χ0) is 22.5.